The molecule has 0 radical (unpaired) electrons. The minimum absolute atomic E-state index is 0.0858. The van der Waals surface area contributed by atoms with Crippen molar-refractivity contribution in [1.29, 1.82) is 0 Å². The summed E-state index contributed by atoms with van der Waals surface area (Å²) in [4.78, 5) is 21.7. The lowest BCUT2D eigenvalue weighted by Crippen LogP contribution is -2.44. The Morgan fingerprint density at radius 1 is 1.43 bits per heavy atom. The predicted molar refractivity (Wildman–Crippen MR) is 90.8 cm³/mol. The monoisotopic (exact) mass is 352 g/mol. The average Bonchev–Trinajstić information content (AvgIpc) is 3.10. The number of rotatable bonds is 3. The number of hydrogen-bond acceptors (Lipinski definition) is 2. The largest absolute Gasteiger partial charge is 0.348 e. The number of hydrogen-bond donors (Lipinski definition) is 2. The highest BCUT2D eigenvalue weighted by Crippen LogP contribution is 2.24. The summed E-state index contributed by atoms with van der Waals surface area (Å²) in [6.45, 7) is 1.79. The van der Waals surface area contributed by atoms with Gasteiger partial charge in [0, 0.05) is 48.0 Å². The molecule has 2 N–H and O–H groups in total. The lowest BCUT2D eigenvalue weighted by atomic mass is 9.98. The van der Waals surface area contributed by atoms with Gasteiger partial charge < -0.3 is 15.2 Å². The van der Waals surface area contributed by atoms with Gasteiger partial charge >= 0.3 is 6.03 Å². The molecule has 2 amide bonds. The number of nitrogens with one attached hydrogen (secondary N) is 2. The summed E-state index contributed by atoms with van der Waals surface area (Å²) in [5.41, 5.74) is 0.812. The molecule has 7 heteroatoms. The number of likely N-dealkylation sites (tertiary alicyclic amines) is 1. The van der Waals surface area contributed by atoms with Crippen LogP contribution in [0.2, 0.25) is 10.0 Å². The van der Waals surface area contributed by atoms with Gasteiger partial charge in [0.25, 0.3) is 0 Å². The van der Waals surface area contributed by atoms with Gasteiger partial charge in [0.15, 0.2) is 0 Å². The van der Waals surface area contributed by atoms with Crippen LogP contribution in [0, 0.1) is 0 Å². The lowest BCUT2D eigenvalue weighted by molar-refractivity contribution is 0.178. The molecule has 2 heterocycles. The molecule has 23 heavy (non-hydrogen) atoms. The van der Waals surface area contributed by atoms with Crippen molar-refractivity contribution in [2.24, 2.45) is 0 Å². The molecule has 1 aromatic carbocycles. The summed E-state index contributed by atoms with van der Waals surface area (Å²) < 4.78 is 0. The number of amides is 2. The number of imidazole rings is 1. The van der Waals surface area contributed by atoms with Crippen molar-refractivity contribution in [2.45, 2.75) is 25.3 Å². The number of piperidine rings is 1. The van der Waals surface area contributed by atoms with Crippen LogP contribution >= 0.6 is 23.2 Å². The van der Waals surface area contributed by atoms with Crippen LogP contribution in [0.25, 0.3) is 0 Å². The van der Waals surface area contributed by atoms with E-state index in [2.05, 4.69) is 15.3 Å². The van der Waals surface area contributed by atoms with E-state index in [1.165, 1.54) is 0 Å². The van der Waals surface area contributed by atoms with Crippen molar-refractivity contribution in [3.8, 4) is 0 Å². The highest BCUT2D eigenvalue weighted by atomic mass is 35.5. The van der Waals surface area contributed by atoms with Crippen LogP contribution in [-0.4, -0.2) is 34.0 Å². The van der Waals surface area contributed by atoms with Crippen LogP contribution in [0.15, 0.2) is 30.6 Å². The molecule has 0 spiro atoms. The minimum Gasteiger partial charge on any atom is -0.348 e. The first-order valence-electron chi connectivity index (χ1n) is 7.59. The fourth-order valence-electron chi connectivity index (χ4n) is 2.85. The average molecular weight is 353 g/mol. The van der Waals surface area contributed by atoms with Gasteiger partial charge in [-0.1, -0.05) is 23.2 Å². The highest BCUT2D eigenvalue weighted by molar-refractivity contribution is 6.33. The van der Waals surface area contributed by atoms with E-state index in [1.807, 2.05) is 11.1 Å². The van der Waals surface area contributed by atoms with Gasteiger partial charge in [0.05, 0.1) is 0 Å². The van der Waals surface area contributed by atoms with Crippen molar-refractivity contribution in [3.05, 3.63) is 52.0 Å². The van der Waals surface area contributed by atoms with Crippen LogP contribution < -0.4 is 5.32 Å². The Hall–Kier alpha value is -1.72. The zero-order chi connectivity index (χ0) is 16.2. The van der Waals surface area contributed by atoms with Crippen LogP contribution in [-0.2, 0) is 6.54 Å². The molecule has 5 nitrogen and oxygen atoms in total. The molecular formula is C16H18Cl2N4O. The Morgan fingerprint density at radius 3 is 3.09 bits per heavy atom. The molecule has 0 saturated carbocycles. The van der Waals surface area contributed by atoms with E-state index in [0.29, 0.717) is 23.1 Å². The number of benzene rings is 1. The number of carbonyl (C=O) groups is 1. The number of H-pyrrole nitrogens is 1. The molecule has 1 atom stereocenters. The first-order chi connectivity index (χ1) is 11.1. The van der Waals surface area contributed by atoms with Crippen LogP contribution in [0.4, 0.5) is 4.79 Å². The maximum atomic E-state index is 12.4. The second-order valence-corrected chi connectivity index (χ2v) is 6.50. The number of nitrogens with zero attached hydrogens (tertiary/aromatic N) is 2. The molecule has 122 valence electrons. The van der Waals surface area contributed by atoms with Crippen LogP contribution in [0.1, 0.15) is 30.1 Å². The van der Waals surface area contributed by atoms with Gasteiger partial charge in [-0.25, -0.2) is 9.78 Å². The number of aromatic amines is 1. The van der Waals surface area contributed by atoms with Gasteiger partial charge in [0.1, 0.15) is 5.82 Å². The maximum Gasteiger partial charge on any atom is 0.317 e. The smallest absolute Gasteiger partial charge is 0.317 e. The quantitative estimate of drug-likeness (QED) is 0.882. The molecule has 0 aliphatic carbocycles. The van der Waals surface area contributed by atoms with Gasteiger partial charge in [0.2, 0.25) is 0 Å². The number of carbonyl (C=O) groups excluding carboxylic acids is 1. The molecule has 0 bridgehead atoms. The van der Waals surface area contributed by atoms with Crippen molar-refractivity contribution < 1.29 is 4.79 Å². The van der Waals surface area contributed by atoms with E-state index in [-0.39, 0.29) is 11.9 Å². The van der Waals surface area contributed by atoms with Crippen LogP contribution in [0.5, 0.6) is 0 Å². The summed E-state index contributed by atoms with van der Waals surface area (Å²) in [6.07, 6.45) is 5.57. The lowest BCUT2D eigenvalue weighted by Gasteiger charge is -2.32. The fourth-order valence-corrected chi connectivity index (χ4v) is 3.23. The second-order valence-electron chi connectivity index (χ2n) is 5.65. The Balaban J connectivity index is 1.58. The van der Waals surface area contributed by atoms with E-state index in [9.17, 15) is 4.79 Å². The molecule has 1 aromatic heterocycles. The number of aromatic nitrogens is 2. The van der Waals surface area contributed by atoms with Gasteiger partial charge in [-0.05, 0) is 36.6 Å². The molecule has 1 aliphatic rings. The van der Waals surface area contributed by atoms with E-state index in [0.717, 1.165) is 30.8 Å². The van der Waals surface area contributed by atoms with E-state index in [4.69, 9.17) is 23.2 Å². The first kappa shape index (κ1) is 16.1. The summed E-state index contributed by atoms with van der Waals surface area (Å²) >= 11 is 12.1. The third-order valence-corrected chi connectivity index (χ3v) is 4.66. The maximum absolute atomic E-state index is 12.4. The van der Waals surface area contributed by atoms with E-state index in [1.54, 1.807) is 24.4 Å². The van der Waals surface area contributed by atoms with E-state index >= 15 is 0 Å². The molecular weight excluding hydrogens is 335 g/mol. The van der Waals surface area contributed by atoms with Crippen molar-refractivity contribution >= 4 is 29.2 Å². The Labute approximate surface area is 145 Å². The van der Waals surface area contributed by atoms with E-state index < -0.39 is 0 Å². The third kappa shape index (κ3) is 3.98. The predicted octanol–water partition coefficient (Wildman–Crippen LogP) is 3.81. The van der Waals surface area contributed by atoms with Gasteiger partial charge in [-0.15, -0.1) is 0 Å². The summed E-state index contributed by atoms with van der Waals surface area (Å²) in [5, 5.41) is 4.12. The number of urea groups is 1. The molecule has 1 fully saturated rings. The fraction of sp³-hybridized carbons (Fsp3) is 0.375. The topological polar surface area (TPSA) is 61.0 Å². The summed E-state index contributed by atoms with van der Waals surface area (Å²) in [7, 11) is 0. The second kappa shape index (κ2) is 7.23. The standard InChI is InChI=1S/C16H18Cl2N4O/c17-13-3-4-14(18)12(8-13)9-21-16(23)22-7-1-2-11(10-22)15-19-5-6-20-15/h3-6,8,11H,1-2,7,9-10H2,(H,19,20)(H,21,23). The Kier molecular flexibility index (Phi) is 5.08. The molecule has 2 aromatic rings. The Morgan fingerprint density at radius 2 is 2.30 bits per heavy atom. The summed E-state index contributed by atoms with van der Waals surface area (Å²) in [5.74, 6) is 1.21. The van der Waals surface area contributed by atoms with Gasteiger partial charge in [-0.3, -0.25) is 0 Å². The zero-order valence-electron chi connectivity index (χ0n) is 12.6. The Bertz CT molecular complexity index is 675. The SMILES string of the molecule is O=C(NCc1cc(Cl)ccc1Cl)N1CCCC(c2ncc[nH]2)C1. The normalized spacial score (nSPS) is 18.0. The first-order valence-corrected chi connectivity index (χ1v) is 8.35. The molecule has 3 rings (SSSR count). The minimum atomic E-state index is -0.0858. The molecule has 1 unspecified atom stereocenters. The van der Waals surface area contributed by atoms with Crippen LogP contribution in [0.3, 0.4) is 0 Å². The van der Waals surface area contributed by atoms with Crippen molar-refractivity contribution in [1.82, 2.24) is 20.2 Å². The molecule has 1 saturated heterocycles. The van der Waals surface area contributed by atoms with Crippen molar-refractivity contribution in [3.63, 3.8) is 0 Å². The molecule has 1 aliphatic heterocycles. The van der Waals surface area contributed by atoms with Crippen molar-refractivity contribution in [2.75, 3.05) is 13.1 Å². The van der Waals surface area contributed by atoms with Gasteiger partial charge in [-0.2, -0.15) is 0 Å². The summed E-state index contributed by atoms with van der Waals surface area (Å²) in [6, 6.07) is 5.15. The number of halogens is 2. The third-order valence-electron chi connectivity index (χ3n) is 4.05. The zero-order valence-corrected chi connectivity index (χ0v) is 14.1. The highest BCUT2D eigenvalue weighted by Gasteiger charge is 2.26.